The summed E-state index contributed by atoms with van der Waals surface area (Å²) in [6.45, 7) is 6.62. The molecule has 0 spiro atoms. The van der Waals surface area contributed by atoms with E-state index in [0.717, 1.165) is 24.0 Å². The van der Waals surface area contributed by atoms with E-state index >= 15 is 0 Å². The highest BCUT2D eigenvalue weighted by molar-refractivity contribution is 5.90. The van der Waals surface area contributed by atoms with Gasteiger partial charge in [-0.1, -0.05) is 69.6 Å². The minimum absolute atomic E-state index is 0.405. The molecule has 0 aromatic heterocycles. The van der Waals surface area contributed by atoms with Crippen LogP contribution in [0.3, 0.4) is 0 Å². The van der Waals surface area contributed by atoms with Gasteiger partial charge in [0, 0.05) is 0 Å². The quantitative estimate of drug-likeness (QED) is 0.306. The van der Waals surface area contributed by atoms with Gasteiger partial charge in [-0.05, 0) is 31.9 Å². The Balaban J connectivity index is 2.06. The standard InChI is InChI=1S/C19H30O3/c1-4-5-6-7-8-9-10-11-14-21-22-19(20)18-13-12-16(2)15-17(18)3/h12-13,15H,4-11,14H2,1-3H3. The summed E-state index contributed by atoms with van der Waals surface area (Å²) >= 11 is 0. The molecule has 1 aromatic carbocycles. The molecule has 0 radical (unpaired) electrons. The second-order valence-electron chi connectivity index (χ2n) is 5.99. The van der Waals surface area contributed by atoms with Crippen LogP contribution in [-0.4, -0.2) is 12.6 Å². The number of carbonyl (C=O) groups excluding carboxylic acids is 1. The third-order valence-corrected chi connectivity index (χ3v) is 3.82. The maximum Gasteiger partial charge on any atom is 0.373 e. The number of unbranched alkanes of at least 4 members (excludes halogenated alkanes) is 7. The molecule has 124 valence electrons. The van der Waals surface area contributed by atoms with E-state index in [2.05, 4.69) is 6.92 Å². The monoisotopic (exact) mass is 306 g/mol. The lowest BCUT2D eigenvalue weighted by molar-refractivity contribution is -0.241. The normalized spacial score (nSPS) is 10.7. The van der Waals surface area contributed by atoms with Crippen molar-refractivity contribution in [3.63, 3.8) is 0 Å². The zero-order valence-corrected chi connectivity index (χ0v) is 14.3. The van der Waals surface area contributed by atoms with Crippen molar-refractivity contribution in [1.29, 1.82) is 0 Å². The minimum Gasteiger partial charge on any atom is -0.293 e. The molecular formula is C19H30O3. The number of benzene rings is 1. The number of rotatable bonds is 11. The lowest BCUT2D eigenvalue weighted by atomic mass is 10.1. The van der Waals surface area contributed by atoms with Gasteiger partial charge in [0.25, 0.3) is 0 Å². The smallest absolute Gasteiger partial charge is 0.293 e. The summed E-state index contributed by atoms with van der Waals surface area (Å²) in [5.74, 6) is -0.405. The average molecular weight is 306 g/mol. The fraction of sp³-hybridized carbons (Fsp3) is 0.632. The van der Waals surface area contributed by atoms with Crippen LogP contribution in [-0.2, 0) is 9.78 Å². The van der Waals surface area contributed by atoms with Crippen LogP contribution in [0.1, 0.15) is 79.8 Å². The van der Waals surface area contributed by atoms with Gasteiger partial charge in [0.1, 0.15) is 0 Å². The SMILES string of the molecule is CCCCCCCCCCOOC(=O)c1ccc(C)cc1C. The molecular weight excluding hydrogens is 276 g/mol. The van der Waals surface area contributed by atoms with Crippen LogP contribution in [0.2, 0.25) is 0 Å². The molecule has 22 heavy (non-hydrogen) atoms. The molecule has 0 saturated heterocycles. The predicted octanol–water partition coefficient (Wildman–Crippen LogP) is 5.53. The highest BCUT2D eigenvalue weighted by Crippen LogP contribution is 2.12. The highest BCUT2D eigenvalue weighted by Gasteiger charge is 2.11. The summed E-state index contributed by atoms with van der Waals surface area (Å²) in [6, 6.07) is 5.66. The molecule has 0 amide bonds. The Morgan fingerprint density at radius 2 is 1.59 bits per heavy atom. The van der Waals surface area contributed by atoms with Gasteiger partial charge in [-0.2, -0.15) is 4.89 Å². The topological polar surface area (TPSA) is 35.5 Å². The van der Waals surface area contributed by atoms with Crippen molar-refractivity contribution in [2.24, 2.45) is 0 Å². The molecule has 0 fully saturated rings. The molecule has 3 heteroatoms. The molecule has 0 heterocycles. The molecule has 0 atom stereocenters. The van der Waals surface area contributed by atoms with E-state index in [1.165, 1.54) is 38.5 Å². The molecule has 0 aliphatic rings. The largest absolute Gasteiger partial charge is 0.373 e. The Bertz CT molecular complexity index is 440. The van der Waals surface area contributed by atoms with Gasteiger partial charge >= 0.3 is 5.97 Å². The maximum absolute atomic E-state index is 11.9. The van der Waals surface area contributed by atoms with Crippen molar-refractivity contribution in [3.05, 3.63) is 34.9 Å². The molecule has 0 bridgehead atoms. The van der Waals surface area contributed by atoms with Crippen LogP contribution in [0, 0.1) is 13.8 Å². The second kappa shape index (κ2) is 11.2. The van der Waals surface area contributed by atoms with Gasteiger partial charge in [-0.15, -0.1) is 0 Å². The first-order valence-electron chi connectivity index (χ1n) is 8.56. The van der Waals surface area contributed by atoms with E-state index in [0.29, 0.717) is 12.2 Å². The summed E-state index contributed by atoms with van der Waals surface area (Å²) in [5.41, 5.74) is 2.62. The van der Waals surface area contributed by atoms with E-state index in [4.69, 9.17) is 9.78 Å². The molecule has 0 aliphatic carbocycles. The van der Waals surface area contributed by atoms with Gasteiger partial charge in [0.05, 0.1) is 12.2 Å². The maximum atomic E-state index is 11.9. The first-order valence-corrected chi connectivity index (χ1v) is 8.56. The molecule has 0 N–H and O–H groups in total. The summed E-state index contributed by atoms with van der Waals surface area (Å²) in [5, 5.41) is 0. The van der Waals surface area contributed by atoms with Crippen LogP contribution < -0.4 is 0 Å². The Morgan fingerprint density at radius 1 is 0.955 bits per heavy atom. The van der Waals surface area contributed by atoms with Crippen molar-refractivity contribution >= 4 is 5.97 Å². The highest BCUT2D eigenvalue weighted by atomic mass is 17.2. The van der Waals surface area contributed by atoms with E-state index in [9.17, 15) is 4.79 Å². The second-order valence-corrected chi connectivity index (χ2v) is 5.99. The number of aryl methyl sites for hydroxylation is 2. The minimum atomic E-state index is -0.405. The van der Waals surface area contributed by atoms with E-state index in [1.54, 1.807) is 6.07 Å². The average Bonchev–Trinajstić information content (AvgIpc) is 2.49. The van der Waals surface area contributed by atoms with Crippen LogP contribution in [0.25, 0.3) is 0 Å². The predicted molar refractivity (Wildman–Crippen MR) is 89.9 cm³/mol. The van der Waals surface area contributed by atoms with Crippen molar-refractivity contribution in [3.8, 4) is 0 Å². The van der Waals surface area contributed by atoms with Crippen LogP contribution in [0.4, 0.5) is 0 Å². The third kappa shape index (κ3) is 7.60. The molecule has 3 nitrogen and oxygen atoms in total. The van der Waals surface area contributed by atoms with Gasteiger partial charge in [0.2, 0.25) is 0 Å². The van der Waals surface area contributed by atoms with E-state index < -0.39 is 5.97 Å². The number of hydrogen-bond donors (Lipinski definition) is 0. The Morgan fingerprint density at radius 3 is 2.23 bits per heavy atom. The van der Waals surface area contributed by atoms with Crippen LogP contribution in [0.15, 0.2) is 18.2 Å². The fourth-order valence-corrected chi connectivity index (χ4v) is 2.48. The molecule has 1 rings (SSSR count). The van der Waals surface area contributed by atoms with E-state index in [1.807, 2.05) is 26.0 Å². The van der Waals surface area contributed by atoms with Gasteiger partial charge in [0.15, 0.2) is 0 Å². The van der Waals surface area contributed by atoms with Gasteiger partial charge in [-0.25, -0.2) is 4.79 Å². The Kier molecular flexibility index (Phi) is 9.56. The zero-order valence-electron chi connectivity index (χ0n) is 14.3. The van der Waals surface area contributed by atoms with Crippen LogP contribution in [0.5, 0.6) is 0 Å². The molecule has 1 aromatic rings. The van der Waals surface area contributed by atoms with E-state index in [-0.39, 0.29) is 0 Å². The first-order chi connectivity index (χ1) is 10.6. The third-order valence-electron chi connectivity index (χ3n) is 3.82. The summed E-state index contributed by atoms with van der Waals surface area (Å²) in [6.07, 6.45) is 9.91. The summed E-state index contributed by atoms with van der Waals surface area (Å²) < 4.78 is 0. The van der Waals surface area contributed by atoms with Gasteiger partial charge < -0.3 is 0 Å². The van der Waals surface area contributed by atoms with Crippen molar-refractivity contribution < 1.29 is 14.6 Å². The molecule has 0 saturated carbocycles. The Labute approximate surface area is 134 Å². The Hall–Kier alpha value is -1.35. The van der Waals surface area contributed by atoms with Crippen LogP contribution >= 0.6 is 0 Å². The van der Waals surface area contributed by atoms with Crippen molar-refractivity contribution in [1.82, 2.24) is 0 Å². The molecule has 0 aliphatic heterocycles. The lowest BCUT2D eigenvalue weighted by Gasteiger charge is -2.06. The summed E-state index contributed by atoms with van der Waals surface area (Å²) in [7, 11) is 0. The first kappa shape index (κ1) is 18.7. The zero-order chi connectivity index (χ0) is 16.2. The van der Waals surface area contributed by atoms with Gasteiger partial charge in [-0.3, -0.25) is 4.89 Å². The summed E-state index contributed by atoms with van der Waals surface area (Å²) in [4.78, 5) is 21.8. The van der Waals surface area contributed by atoms with Crippen molar-refractivity contribution in [2.75, 3.05) is 6.61 Å². The number of carbonyl (C=O) groups is 1. The number of hydrogen-bond acceptors (Lipinski definition) is 3. The fourth-order valence-electron chi connectivity index (χ4n) is 2.48. The van der Waals surface area contributed by atoms with Crippen molar-refractivity contribution in [2.45, 2.75) is 72.1 Å². The lowest BCUT2D eigenvalue weighted by Crippen LogP contribution is -2.08. The molecule has 0 unspecified atom stereocenters.